The first-order valence-electron chi connectivity index (χ1n) is 12.7. The number of hydrogen-bond acceptors (Lipinski definition) is 6. The van der Waals surface area contributed by atoms with Gasteiger partial charge in [-0.1, -0.05) is 24.3 Å². The monoisotopic (exact) mass is 472 g/mol. The van der Waals surface area contributed by atoms with Crippen LogP contribution in [-0.4, -0.2) is 51.8 Å². The Morgan fingerprint density at radius 2 is 0.971 bits per heavy atom. The summed E-state index contributed by atoms with van der Waals surface area (Å²) < 4.78 is 33.8. The largest absolute Gasteiger partial charge is 0.490 e. The first-order valence-corrected chi connectivity index (χ1v) is 12.7. The van der Waals surface area contributed by atoms with Gasteiger partial charge in [-0.2, -0.15) is 0 Å². The SMILES string of the molecule is CCOc1ccccc1OC[C@@H]1CCCCO1.CCOc1ccccc1OC[C@H]1CCCCO1. The maximum absolute atomic E-state index is 5.78. The summed E-state index contributed by atoms with van der Waals surface area (Å²) in [4.78, 5) is 0. The smallest absolute Gasteiger partial charge is 0.161 e. The van der Waals surface area contributed by atoms with Gasteiger partial charge in [-0.15, -0.1) is 0 Å². The van der Waals surface area contributed by atoms with Crippen molar-refractivity contribution in [1.82, 2.24) is 0 Å². The predicted molar refractivity (Wildman–Crippen MR) is 133 cm³/mol. The Morgan fingerprint density at radius 1 is 0.588 bits per heavy atom. The van der Waals surface area contributed by atoms with Crippen LogP contribution < -0.4 is 18.9 Å². The maximum Gasteiger partial charge on any atom is 0.161 e. The van der Waals surface area contributed by atoms with Crippen LogP contribution in [0.2, 0.25) is 0 Å². The molecule has 2 aliphatic heterocycles. The number of benzene rings is 2. The minimum Gasteiger partial charge on any atom is -0.490 e. The highest BCUT2D eigenvalue weighted by atomic mass is 16.6. The molecule has 0 amide bonds. The molecular formula is C28H40O6. The third-order valence-corrected chi connectivity index (χ3v) is 5.70. The molecular weight excluding hydrogens is 432 g/mol. The van der Waals surface area contributed by atoms with Crippen LogP contribution >= 0.6 is 0 Å². The van der Waals surface area contributed by atoms with Gasteiger partial charge in [0.15, 0.2) is 23.0 Å². The average Bonchev–Trinajstić information content (AvgIpc) is 2.90. The number of ether oxygens (including phenoxy) is 6. The van der Waals surface area contributed by atoms with E-state index >= 15 is 0 Å². The molecule has 2 aromatic carbocycles. The molecule has 0 aromatic heterocycles. The average molecular weight is 473 g/mol. The van der Waals surface area contributed by atoms with E-state index in [0.29, 0.717) is 26.4 Å². The Kier molecular flexibility index (Phi) is 11.9. The van der Waals surface area contributed by atoms with Crippen molar-refractivity contribution in [3.05, 3.63) is 48.5 Å². The van der Waals surface area contributed by atoms with Crippen LogP contribution in [-0.2, 0) is 9.47 Å². The Labute approximate surface area is 204 Å². The molecule has 0 aliphatic carbocycles. The first-order chi connectivity index (χ1) is 16.8. The molecule has 2 fully saturated rings. The van der Waals surface area contributed by atoms with Crippen LogP contribution in [0.4, 0.5) is 0 Å². The molecule has 188 valence electrons. The van der Waals surface area contributed by atoms with Gasteiger partial charge in [0, 0.05) is 13.2 Å². The Bertz CT molecular complexity index is 731. The van der Waals surface area contributed by atoms with Gasteiger partial charge in [0.05, 0.1) is 25.4 Å². The van der Waals surface area contributed by atoms with Gasteiger partial charge in [-0.3, -0.25) is 0 Å². The summed E-state index contributed by atoms with van der Waals surface area (Å²) in [6.45, 7) is 8.21. The van der Waals surface area contributed by atoms with E-state index in [0.717, 1.165) is 49.1 Å². The van der Waals surface area contributed by atoms with Gasteiger partial charge >= 0.3 is 0 Å². The van der Waals surface area contributed by atoms with E-state index < -0.39 is 0 Å². The van der Waals surface area contributed by atoms with Crippen molar-refractivity contribution >= 4 is 0 Å². The highest BCUT2D eigenvalue weighted by Crippen LogP contribution is 2.28. The fraction of sp³-hybridized carbons (Fsp3) is 0.571. The molecule has 2 aromatic rings. The first kappa shape index (κ1) is 26.2. The molecule has 2 atom stereocenters. The molecule has 0 spiro atoms. The van der Waals surface area contributed by atoms with Crippen molar-refractivity contribution < 1.29 is 28.4 Å². The van der Waals surface area contributed by atoms with Crippen molar-refractivity contribution in [2.45, 2.75) is 64.6 Å². The van der Waals surface area contributed by atoms with Crippen molar-refractivity contribution in [2.75, 3.05) is 39.6 Å². The van der Waals surface area contributed by atoms with Crippen molar-refractivity contribution in [1.29, 1.82) is 0 Å². The van der Waals surface area contributed by atoms with Crippen molar-refractivity contribution in [3.63, 3.8) is 0 Å². The van der Waals surface area contributed by atoms with Crippen LogP contribution in [0.15, 0.2) is 48.5 Å². The lowest BCUT2D eigenvalue weighted by Gasteiger charge is -2.23. The lowest BCUT2D eigenvalue weighted by Crippen LogP contribution is -2.25. The van der Waals surface area contributed by atoms with Crippen LogP contribution in [0, 0.1) is 0 Å². The van der Waals surface area contributed by atoms with Gasteiger partial charge in [0.1, 0.15) is 13.2 Å². The third kappa shape index (κ3) is 9.07. The van der Waals surface area contributed by atoms with E-state index in [1.165, 1.54) is 25.7 Å². The number of para-hydroxylation sites is 4. The molecule has 0 bridgehead atoms. The molecule has 6 heteroatoms. The van der Waals surface area contributed by atoms with E-state index in [1.54, 1.807) is 0 Å². The standard InChI is InChI=1S/2C14H20O3/c2*1-2-15-13-8-3-4-9-14(13)17-11-12-7-5-6-10-16-12/h2*3-4,8-9,12H,2,5-7,10-11H2,1H3/t2*12-/m10/s1. The predicted octanol–water partition coefficient (Wildman–Crippen LogP) is 6.07. The summed E-state index contributed by atoms with van der Waals surface area (Å²) >= 11 is 0. The maximum atomic E-state index is 5.78. The van der Waals surface area contributed by atoms with E-state index in [2.05, 4.69) is 0 Å². The molecule has 4 rings (SSSR count). The second-order valence-corrected chi connectivity index (χ2v) is 8.36. The minimum absolute atomic E-state index is 0.235. The summed E-state index contributed by atoms with van der Waals surface area (Å²) in [5.74, 6) is 3.24. The molecule has 6 nitrogen and oxygen atoms in total. The third-order valence-electron chi connectivity index (χ3n) is 5.70. The topological polar surface area (TPSA) is 55.4 Å². The lowest BCUT2D eigenvalue weighted by molar-refractivity contribution is -0.0116. The zero-order valence-electron chi connectivity index (χ0n) is 20.7. The van der Waals surface area contributed by atoms with E-state index in [9.17, 15) is 0 Å². The van der Waals surface area contributed by atoms with Crippen LogP contribution in [0.5, 0.6) is 23.0 Å². The van der Waals surface area contributed by atoms with Crippen molar-refractivity contribution in [2.24, 2.45) is 0 Å². The number of hydrogen-bond donors (Lipinski definition) is 0. The zero-order valence-corrected chi connectivity index (χ0v) is 20.7. The summed E-state index contributed by atoms with van der Waals surface area (Å²) in [7, 11) is 0. The van der Waals surface area contributed by atoms with Gasteiger partial charge in [0.2, 0.25) is 0 Å². The lowest BCUT2D eigenvalue weighted by atomic mass is 10.1. The second kappa shape index (κ2) is 15.5. The normalized spacial score (nSPS) is 19.9. The van der Waals surface area contributed by atoms with Crippen LogP contribution in [0.25, 0.3) is 0 Å². The molecule has 2 aliphatic rings. The summed E-state index contributed by atoms with van der Waals surface area (Å²) in [6, 6.07) is 15.6. The molecule has 34 heavy (non-hydrogen) atoms. The Balaban J connectivity index is 0.000000191. The molecule has 2 heterocycles. The molecule has 0 N–H and O–H groups in total. The van der Waals surface area contributed by atoms with E-state index in [-0.39, 0.29) is 12.2 Å². The quantitative estimate of drug-likeness (QED) is 0.419. The van der Waals surface area contributed by atoms with Crippen LogP contribution in [0.3, 0.4) is 0 Å². The van der Waals surface area contributed by atoms with Crippen molar-refractivity contribution in [3.8, 4) is 23.0 Å². The molecule has 0 radical (unpaired) electrons. The highest BCUT2D eigenvalue weighted by molar-refractivity contribution is 5.40. The fourth-order valence-electron chi connectivity index (χ4n) is 3.93. The zero-order chi connectivity index (χ0) is 23.8. The van der Waals surface area contributed by atoms with E-state index in [4.69, 9.17) is 28.4 Å². The van der Waals surface area contributed by atoms with Gasteiger partial charge in [-0.05, 0) is 76.6 Å². The highest BCUT2D eigenvalue weighted by Gasteiger charge is 2.16. The summed E-state index contributed by atoms with van der Waals surface area (Å²) in [5.41, 5.74) is 0. The second-order valence-electron chi connectivity index (χ2n) is 8.36. The van der Waals surface area contributed by atoms with Gasteiger partial charge in [-0.25, -0.2) is 0 Å². The molecule has 0 unspecified atom stereocenters. The van der Waals surface area contributed by atoms with Crippen LogP contribution in [0.1, 0.15) is 52.4 Å². The summed E-state index contributed by atoms with van der Waals surface area (Å²) in [6.07, 6.45) is 7.48. The summed E-state index contributed by atoms with van der Waals surface area (Å²) in [5, 5.41) is 0. The van der Waals surface area contributed by atoms with E-state index in [1.807, 2.05) is 62.4 Å². The van der Waals surface area contributed by atoms with Gasteiger partial charge < -0.3 is 28.4 Å². The Hall–Kier alpha value is -2.44. The Morgan fingerprint density at radius 3 is 1.29 bits per heavy atom. The molecule has 0 saturated carbocycles. The van der Waals surface area contributed by atoms with Gasteiger partial charge in [0.25, 0.3) is 0 Å². The fourth-order valence-corrected chi connectivity index (χ4v) is 3.93. The minimum atomic E-state index is 0.235. The molecule has 2 saturated heterocycles. The number of rotatable bonds is 10.